The molecule has 2 aromatic rings. The molecule has 0 aliphatic rings. The average Bonchev–Trinajstić information content (AvgIpc) is 2.76. The predicted molar refractivity (Wildman–Crippen MR) is 129 cm³/mol. The summed E-state index contributed by atoms with van der Waals surface area (Å²) < 4.78 is 10.8. The van der Waals surface area contributed by atoms with Crippen molar-refractivity contribution in [2.24, 2.45) is 0 Å². The summed E-state index contributed by atoms with van der Waals surface area (Å²) in [4.78, 5) is 23.9. The molecule has 0 atom stereocenters. The van der Waals surface area contributed by atoms with Crippen LogP contribution in [0.4, 0.5) is 0 Å². The van der Waals surface area contributed by atoms with Crippen molar-refractivity contribution >= 4 is 11.9 Å². The third kappa shape index (κ3) is 9.67. The minimum absolute atomic E-state index is 0.175. The fourth-order valence-corrected chi connectivity index (χ4v) is 3.45. The zero-order chi connectivity index (χ0) is 23.3. The van der Waals surface area contributed by atoms with Crippen LogP contribution in [-0.4, -0.2) is 11.9 Å². The molecule has 0 spiro atoms. The van der Waals surface area contributed by atoms with Crippen molar-refractivity contribution in [3.8, 4) is 11.5 Å². The highest BCUT2D eigenvalue weighted by atomic mass is 16.5. The molecule has 0 heterocycles. The third-order valence-corrected chi connectivity index (χ3v) is 5.57. The lowest BCUT2D eigenvalue weighted by Gasteiger charge is -2.08. The van der Waals surface area contributed by atoms with Crippen LogP contribution in [0.3, 0.4) is 0 Å². The standard InChI is InChI=1S/C28H38O4/c1-21(2)23-13-17-25(18-14-23)31-27(29)11-9-7-5-6-8-10-12-28(30)32-26-19-15-24(16-20-26)22(3)4/h13-22H,5-12H2,1-4H3. The van der Waals surface area contributed by atoms with Crippen molar-refractivity contribution in [1.29, 1.82) is 0 Å². The monoisotopic (exact) mass is 438 g/mol. The Morgan fingerprint density at radius 2 is 0.875 bits per heavy atom. The van der Waals surface area contributed by atoms with Crippen molar-refractivity contribution < 1.29 is 19.1 Å². The number of unbranched alkanes of at least 4 members (excludes halogenated alkanes) is 5. The van der Waals surface area contributed by atoms with E-state index >= 15 is 0 Å². The Balaban J connectivity index is 1.49. The van der Waals surface area contributed by atoms with Crippen molar-refractivity contribution in [2.45, 2.75) is 90.9 Å². The first-order valence-electron chi connectivity index (χ1n) is 12.0. The maximum atomic E-state index is 12.0. The molecular formula is C28H38O4. The van der Waals surface area contributed by atoms with Gasteiger partial charge in [-0.05, 0) is 60.1 Å². The number of hydrogen-bond acceptors (Lipinski definition) is 4. The summed E-state index contributed by atoms with van der Waals surface area (Å²) in [5.41, 5.74) is 2.47. The molecule has 174 valence electrons. The van der Waals surface area contributed by atoms with Gasteiger partial charge in [0, 0.05) is 12.8 Å². The largest absolute Gasteiger partial charge is 0.427 e. The molecule has 0 radical (unpaired) electrons. The lowest BCUT2D eigenvalue weighted by molar-refractivity contribution is -0.135. The fourth-order valence-electron chi connectivity index (χ4n) is 3.45. The van der Waals surface area contributed by atoms with Gasteiger partial charge in [0.15, 0.2) is 0 Å². The highest BCUT2D eigenvalue weighted by molar-refractivity contribution is 5.72. The highest BCUT2D eigenvalue weighted by Gasteiger charge is 2.07. The third-order valence-electron chi connectivity index (χ3n) is 5.57. The Labute approximate surface area is 193 Å². The normalized spacial score (nSPS) is 11.1. The van der Waals surface area contributed by atoms with Gasteiger partial charge in [0.05, 0.1) is 0 Å². The van der Waals surface area contributed by atoms with E-state index < -0.39 is 0 Å². The molecule has 0 amide bonds. The number of carbonyl (C=O) groups excluding carboxylic acids is 2. The predicted octanol–water partition coefficient (Wildman–Crippen LogP) is 7.57. The molecule has 2 aromatic carbocycles. The molecule has 0 unspecified atom stereocenters. The van der Waals surface area contributed by atoms with Crippen LogP contribution in [0.25, 0.3) is 0 Å². The van der Waals surface area contributed by atoms with Gasteiger partial charge in [-0.3, -0.25) is 9.59 Å². The summed E-state index contributed by atoms with van der Waals surface area (Å²) >= 11 is 0. The number of rotatable bonds is 13. The van der Waals surface area contributed by atoms with E-state index in [1.807, 2.05) is 48.5 Å². The van der Waals surface area contributed by atoms with Crippen LogP contribution in [0.5, 0.6) is 11.5 Å². The Morgan fingerprint density at radius 1 is 0.562 bits per heavy atom. The molecule has 2 rings (SSSR count). The molecule has 0 bridgehead atoms. The molecule has 32 heavy (non-hydrogen) atoms. The quantitative estimate of drug-likeness (QED) is 0.184. The van der Waals surface area contributed by atoms with E-state index in [0.29, 0.717) is 36.2 Å². The topological polar surface area (TPSA) is 52.6 Å². The molecule has 0 fully saturated rings. The van der Waals surface area contributed by atoms with Crippen LogP contribution in [0.1, 0.15) is 102 Å². The smallest absolute Gasteiger partial charge is 0.311 e. The summed E-state index contributed by atoms with van der Waals surface area (Å²) in [6, 6.07) is 15.5. The lowest BCUT2D eigenvalue weighted by atomic mass is 10.0. The Morgan fingerprint density at radius 3 is 1.19 bits per heavy atom. The van der Waals surface area contributed by atoms with Crippen molar-refractivity contribution in [2.75, 3.05) is 0 Å². The minimum Gasteiger partial charge on any atom is -0.427 e. The van der Waals surface area contributed by atoms with Crippen molar-refractivity contribution in [3.05, 3.63) is 59.7 Å². The second-order valence-electron chi connectivity index (χ2n) is 9.02. The zero-order valence-corrected chi connectivity index (χ0v) is 20.1. The molecule has 0 saturated carbocycles. The molecule has 4 heteroatoms. The van der Waals surface area contributed by atoms with E-state index in [0.717, 1.165) is 38.5 Å². The number of carbonyl (C=O) groups is 2. The van der Waals surface area contributed by atoms with E-state index in [-0.39, 0.29) is 11.9 Å². The van der Waals surface area contributed by atoms with Gasteiger partial charge < -0.3 is 9.47 Å². The first-order chi connectivity index (χ1) is 15.3. The Kier molecular flexibility index (Phi) is 11.0. The highest BCUT2D eigenvalue weighted by Crippen LogP contribution is 2.20. The SMILES string of the molecule is CC(C)c1ccc(OC(=O)CCCCCCCCC(=O)Oc2ccc(C(C)C)cc2)cc1. The average molecular weight is 439 g/mol. The Bertz CT molecular complexity index is 748. The fraction of sp³-hybridized carbons (Fsp3) is 0.500. The van der Waals surface area contributed by atoms with Gasteiger partial charge in [0.1, 0.15) is 11.5 Å². The number of benzene rings is 2. The Hall–Kier alpha value is -2.62. The second-order valence-corrected chi connectivity index (χ2v) is 9.02. The van der Waals surface area contributed by atoms with Gasteiger partial charge >= 0.3 is 11.9 Å². The molecule has 0 aliphatic carbocycles. The van der Waals surface area contributed by atoms with E-state index in [9.17, 15) is 9.59 Å². The molecule has 4 nitrogen and oxygen atoms in total. The van der Waals surface area contributed by atoms with E-state index in [1.165, 1.54) is 11.1 Å². The summed E-state index contributed by atoms with van der Waals surface area (Å²) in [7, 11) is 0. The van der Waals surface area contributed by atoms with Crippen LogP contribution in [0.15, 0.2) is 48.5 Å². The van der Waals surface area contributed by atoms with Gasteiger partial charge in [-0.15, -0.1) is 0 Å². The zero-order valence-electron chi connectivity index (χ0n) is 20.1. The van der Waals surface area contributed by atoms with E-state index in [2.05, 4.69) is 27.7 Å². The van der Waals surface area contributed by atoms with Crippen LogP contribution in [0, 0.1) is 0 Å². The van der Waals surface area contributed by atoms with E-state index in [1.54, 1.807) is 0 Å². The molecule has 0 saturated heterocycles. The maximum Gasteiger partial charge on any atom is 0.311 e. The van der Waals surface area contributed by atoms with Crippen molar-refractivity contribution in [1.82, 2.24) is 0 Å². The van der Waals surface area contributed by atoms with E-state index in [4.69, 9.17) is 9.47 Å². The number of ether oxygens (including phenoxy) is 2. The van der Waals surface area contributed by atoms with Crippen LogP contribution < -0.4 is 9.47 Å². The van der Waals surface area contributed by atoms with Crippen molar-refractivity contribution in [3.63, 3.8) is 0 Å². The summed E-state index contributed by atoms with van der Waals surface area (Å²) in [6.45, 7) is 8.55. The minimum atomic E-state index is -0.175. The van der Waals surface area contributed by atoms with Crippen LogP contribution >= 0.6 is 0 Å². The summed E-state index contributed by atoms with van der Waals surface area (Å²) in [5.74, 6) is 1.81. The first-order valence-corrected chi connectivity index (χ1v) is 12.0. The van der Waals surface area contributed by atoms with Gasteiger partial charge in [0.2, 0.25) is 0 Å². The van der Waals surface area contributed by atoms with Crippen LogP contribution in [-0.2, 0) is 9.59 Å². The lowest BCUT2D eigenvalue weighted by Crippen LogP contribution is -2.08. The number of esters is 2. The van der Waals surface area contributed by atoms with Crippen LogP contribution in [0.2, 0.25) is 0 Å². The molecule has 0 aromatic heterocycles. The van der Waals surface area contributed by atoms with Gasteiger partial charge in [0.25, 0.3) is 0 Å². The molecular weight excluding hydrogens is 400 g/mol. The summed E-state index contributed by atoms with van der Waals surface area (Å²) in [6.07, 6.45) is 6.64. The summed E-state index contributed by atoms with van der Waals surface area (Å²) in [5, 5.41) is 0. The second kappa shape index (κ2) is 13.7. The number of hydrogen-bond donors (Lipinski definition) is 0. The molecule has 0 N–H and O–H groups in total. The van der Waals surface area contributed by atoms with Gasteiger partial charge in [-0.1, -0.05) is 77.6 Å². The first kappa shape index (κ1) is 25.6. The van der Waals surface area contributed by atoms with Gasteiger partial charge in [-0.2, -0.15) is 0 Å². The van der Waals surface area contributed by atoms with Gasteiger partial charge in [-0.25, -0.2) is 0 Å². The molecule has 0 aliphatic heterocycles. The maximum absolute atomic E-state index is 12.0.